The number of hydrogen-bond donors (Lipinski definition) is 3. The quantitative estimate of drug-likeness (QED) is 0.294. The Morgan fingerprint density at radius 2 is 1.85 bits per heavy atom. The Labute approximate surface area is 196 Å². The van der Waals surface area contributed by atoms with E-state index in [1.165, 1.54) is 32.4 Å². The maximum absolute atomic E-state index is 13.9. The number of aliphatic hydroxyl groups excluding tert-OH is 1. The first-order valence-corrected chi connectivity index (χ1v) is 10.7. The number of benzene rings is 3. The summed E-state index contributed by atoms with van der Waals surface area (Å²) in [5.74, 6) is 0.496. The van der Waals surface area contributed by atoms with Crippen molar-refractivity contribution in [2.75, 3.05) is 32.8 Å². The average molecular weight is 464 g/mol. The molecule has 1 unspecified atom stereocenters. The summed E-state index contributed by atoms with van der Waals surface area (Å²) in [7, 11) is 2.95. The van der Waals surface area contributed by atoms with Gasteiger partial charge in [-0.15, -0.1) is 0 Å². The maximum Gasteiger partial charge on any atom is 0.191 e. The fraction of sp³-hybridized carbons (Fsp3) is 0.192. The van der Waals surface area contributed by atoms with Gasteiger partial charge in [-0.25, -0.2) is 4.39 Å². The number of rotatable bonds is 10. The summed E-state index contributed by atoms with van der Waals surface area (Å²) < 4.78 is 30.2. The van der Waals surface area contributed by atoms with Crippen molar-refractivity contribution >= 4 is 22.4 Å². The summed E-state index contributed by atoms with van der Waals surface area (Å²) in [6, 6.07) is 15.7. The molecule has 1 atom stereocenters. The van der Waals surface area contributed by atoms with Crippen molar-refractivity contribution in [3.63, 3.8) is 0 Å². The molecular formula is C26H25FN2O5. The molecule has 7 nitrogen and oxygen atoms in total. The van der Waals surface area contributed by atoms with Gasteiger partial charge in [0.25, 0.3) is 0 Å². The van der Waals surface area contributed by atoms with Crippen LogP contribution in [0.4, 0.5) is 10.1 Å². The standard InChI is InChI=1S/C26H25FN2O5/c1-32-18-12-17(13-19(14-18)34-10-9-30)29-25(21-8-7-16(27)11-24(21)33-2)26(31)22-15-28-23-6-4-3-5-20(22)23/h3-8,11-15,25,28-30H,9-10H2,1-2H3. The van der Waals surface area contributed by atoms with E-state index in [4.69, 9.17) is 19.3 Å². The number of ether oxygens (including phenoxy) is 3. The Morgan fingerprint density at radius 1 is 1.06 bits per heavy atom. The summed E-state index contributed by atoms with van der Waals surface area (Å²) in [5.41, 5.74) is 2.33. The average Bonchev–Trinajstić information content (AvgIpc) is 3.30. The van der Waals surface area contributed by atoms with Crippen LogP contribution in [-0.2, 0) is 0 Å². The van der Waals surface area contributed by atoms with Gasteiger partial charge in [0, 0.05) is 58.2 Å². The topological polar surface area (TPSA) is 92.8 Å². The Bertz CT molecular complexity index is 1300. The molecule has 0 saturated carbocycles. The predicted octanol–water partition coefficient (Wildman–Crippen LogP) is 4.73. The number of Topliss-reactive ketones (excluding diaryl/α,β-unsaturated/α-hetero) is 1. The Hall–Kier alpha value is -4.04. The zero-order valence-corrected chi connectivity index (χ0v) is 18.8. The van der Waals surface area contributed by atoms with Crippen LogP contribution in [0.25, 0.3) is 10.9 Å². The number of aromatic amines is 1. The van der Waals surface area contributed by atoms with Gasteiger partial charge in [0.15, 0.2) is 5.78 Å². The van der Waals surface area contributed by atoms with E-state index in [-0.39, 0.29) is 24.7 Å². The van der Waals surface area contributed by atoms with E-state index in [2.05, 4.69) is 10.3 Å². The molecule has 8 heteroatoms. The number of carbonyl (C=O) groups is 1. The van der Waals surface area contributed by atoms with Gasteiger partial charge in [-0.1, -0.05) is 18.2 Å². The second-order valence-electron chi connectivity index (χ2n) is 7.55. The predicted molar refractivity (Wildman–Crippen MR) is 128 cm³/mol. The van der Waals surface area contributed by atoms with Crippen LogP contribution in [0.1, 0.15) is 22.0 Å². The molecule has 4 rings (SSSR count). The summed E-state index contributed by atoms with van der Waals surface area (Å²) >= 11 is 0. The van der Waals surface area contributed by atoms with Gasteiger partial charge in [-0.2, -0.15) is 0 Å². The summed E-state index contributed by atoms with van der Waals surface area (Å²) in [4.78, 5) is 17.0. The van der Waals surface area contributed by atoms with E-state index in [9.17, 15) is 9.18 Å². The summed E-state index contributed by atoms with van der Waals surface area (Å²) in [6.45, 7) is -0.0372. The van der Waals surface area contributed by atoms with Crippen molar-refractivity contribution in [3.8, 4) is 17.2 Å². The zero-order valence-electron chi connectivity index (χ0n) is 18.8. The van der Waals surface area contributed by atoms with Crippen LogP contribution in [0.2, 0.25) is 0 Å². The molecule has 0 aliphatic carbocycles. The first-order valence-electron chi connectivity index (χ1n) is 10.7. The third kappa shape index (κ3) is 4.82. The molecule has 0 fully saturated rings. The van der Waals surface area contributed by atoms with Crippen molar-refractivity contribution in [1.82, 2.24) is 4.98 Å². The van der Waals surface area contributed by atoms with Crippen molar-refractivity contribution in [1.29, 1.82) is 0 Å². The second-order valence-corrected chi connectivity index (χ2v) is 7.55. The van der Waals surface area contributed by atoms with Gasteiger partial charge in [0.2, 0.25) is 0 Å². The number of hydrogen-bond acceptors (Lipinski definition) is 6. The highest BCUT2D eigenvalue weighted by Crippen LogP contribution is 2.35. The SMILES string of the molecule is COc1cc(NC(C(=O)c2c[nH]c3ccccc23)c2ccc(F)cc2OC)cc(OCCO)c1. The molecule has 0 aliphatic rings. The molecule has 1 heterocycles. The molecule has 0 saturated heterocycles. The molecule has 176 valence electrons. The van der Waals surface area contributed by atoms with E-state index in [1.54, 1.807) is 24.4 Å². The molecule has 0 spiro atoms. The van der Waals surface area contributed by atoms with Crippen LogP contribution in [0.15, 0.2) is 66.9 Å². The molecule has 0 amide bonds. The minimum absolute atomic E-state index is 0.107. The lowest BCUT2D eigenvalue weighted by Gasteiger charge is -2.22. The number of nitrogens with one attached hydrogen (secondary N) is 2. The van der Waals surface area contributed by atoms with E-state index in [1.807, 2.05) is 24.3 Å². The number of aromatic nitrogens is 1. The number of ketones is 1. The Morgan fingerprint density at radius 3 is 2.62 bits per heavy atom. The van der Waals surface area contributed by atoms with Crippen LogP contribution in [0.3, 0.4) is 0 Å². The number of aliphatic hydroxyl groups is 1. The van der Waals surface area contributed by atoms with Crippen LogP contribution in [0, 0.1) is 5.82 Å². The van der Waals surface area contributed by atoms with Crippen LogP contribution in [0.5, 0.6) is 17.2 Å². The molecular weight excluding hydrogens is 439 g/mol. The molecule has 34 heavy (non-hydrogen) atoms. The van der Waals surface area contributed by atoms with Gasteiger partial charge in [0.05, 0.1) is 20.8 Å². The lowest BCUT2D eigenvalue weighted by atomic mass is 9.95. The number of para-hydroxylation sites is 1. The third-order valence-corrected chi connectivity index (χ3v) is 5.41. The Kier molecular flexibility index (Phi) is 6.98. The van der Waals surface area contributed by atoms with E-state index < -0.39 is 11.9 Å². The second kappa shape index (κ2) is 10.3. The fourth-order valence-electron chi connectivity index (χ4n) is 3.83. The highest BCUT2D eigenvalue weighted by atomic mass is 19.1. The highest BCUT2D eigenvalue weighted by Gasteiger charge is 2.28. The number of fused-ring (bicyclic) bond motifs is 1. The first kappa shape index (κ1) is 23.1. The highest BCUT2D eigenvalue weighted by molar-refractivity contribution is 6.11. The monoisotopic (exact) mass is 464 g/mol. The van der Waals surface area contributed by atoms with E-state index in [0.29, 0.717) is 28.3 Å². The van der Waals surface area contributed by atoms with Crippen molar-refractivity contribution in [2.45, 2.75) is 6.04 Å². The fourth-order valence-corrected chi connectivity index (χ4v) is 3.83. The third-order valence-electron chi connectivity index (χ3n) is 5.41. The lowest BCUT2D eigenvalue weighted by Crippen LogP contribution is -2.22. The van der Waals surface area contributed by atoms with Gasteiger partial charge in [0.1, 0.15) is 35.7 Å². The molecule has 3 N–H and O–H groups in total. The minimum atomic E-state index is -0.910. The van der Waals surface area contributed by atoms with Gasteiger partial charge in [-0.05, 0) is 18.2 Å². The van der Waals surface area contributed by atoms with Crippen molar-refractivity contribution < 1.29 is 28.5 Å². The van der Waals surface area contributed by atoms with Gasteiger partial charge in [-0.3, -0.25) is 4.79 Å². The summed E-state index contributed by atoms with van der Waals surface area (Å²) in [6.07, 6.45) is 1.67. The smallest absolute Gasteiger partial charge is 0.191 e. The molecule has 4 aromatic rings. The molecule has 0 bridgehead atoms. The molecule has 0 aliphatic heterocycles. The normalized spacial score (nSPS) is 11.8. The minimum Gasteiger partial charge on any atom is -0.497 e. The number of H-pyrrole nitrogens is 1. The molecule has 0 radical (unpaired) electrons. The van der Waals surface area contributed by atoms with Gasteiger partial charge < -0.3 is 29.6 Å². The zero-order chi connectivity index (χ0) is 24.1. The largest absolute Gasteiger partial charge is 0.497 e. The number of methoxy groups -OCH3 is 2. The first-order chi connectivity index (χ1) is 16.5. The number of halogens is 1. The van der Waals surface area contributed by atoms with Crippen LogP contribution in [-0.4, -0.2) is 43.3 Å². The number of anilines is 1. The maximum atomic E-state index is 13.9. The Balaban J connectivity index is 1.80. The van der Waals surface area contributed by atoms with Crippen molar-refractivity contribution in [2.24, 2.45) is 0 Å². The van der Waals surface area contributed by atoms with Crippen LogP contribution < -0.4 is 19.5 Å². The summed E-state index contributed by atoms with van der Waals surface area (Å²) in [5, 5.41) is 13.1. The number of carbonyl (C=O) groups excluding carboxylic acids is 1. The van der Waals surface area contributed by atoms with E-state index >= 15 is 0 Å². The van der Waals surface area contributed by atoms with Gasteiger partial charge >= 0.3 is 0 Å². The van der Waals surface area contributed by atoms with Crippen molar-refractivity contribution in [3.05, 3.63) is 83.8 Å². The van der Waals surface area contributed by atoms with Crippen LogP contribution >= 0.6 is 0 Å². The molecule has 1 aromatic heterocycles. The van der Waals surface area contributed by atoms with E-state index in [0.717, 1.165) is 10.9 Å². The molecule has 3 aromatic carbocycles. The lowest BCUT2D eigenvalue weighted by molar-refractivity contribution is 0.0970.